The van der Waals surface area contributed by atoms with Crippen LogP contribution in [0.1, 0.15) is 19.5 Å². The molecule has 1 aliphatic heterocycles. The molecule has 7 heteroatoms. The number of halogens is 3. The molecule has 0 spiro atoms. The molecule has 0 radical (unpaired) electrons. The van der Waals surface area contributed by atoms with Crippen LogP contribution in [0.25, 0.3) is 0 Å². The minimum Gasteiger partial charge on any atom is -0.338 e. The van der Waals surface area contributed by atoms with Crippen molar-refractivity contribution >= 4 is 5.95 Å². The quantitative estimate of drug-likeness (QED) is 0.784. The van der Waals surface area contributed by atoms with Crippen molar-refractivity contribution in [1.29, 1.82) is 0 Å². The molecule has 19 heavy (non-hydrogen) atoms. The Bertz CT molecular complexity index is 459. The van der Waals surface area contributed by atoms with Crippen LogP contribution in [0, 0.1) is 0 Å². The smallest absolute Gasteiger partial charge is 0.338 e. The summed E-state index contributed by atoms with van der Waals surface area (Å²) >= 11 is 0. The second kappa shape index (κ2) is 4.63. The van der Waals surface area contributed by atoms with E-state index < -0.39 is 11.9 Å². The van der Waals surface area contributed by atoms with Gasteiger partial charge in [0.1, 0.15) is 5.69 Å². The fourth-order valence-electron chi connectivity index (χ4n) is 2.07. The molecule has 1 aromatic rings. The van der Waals surface area contributed by atoms with Gasteiger partial charge in [0.25, 0.3) is 0 Å². The van der Waals surface area contributed by atoms with Crippen LogP contribution >= 0.6 is 0 Å². The maximum Gasteiger partial charge on any atom is 0.433 e. The minimum absolute atomic E-state index is 0.115. The zero-order valence-electron chi connectivity index (χ0n) is 11.2. The van der Waals surface area contributed by atoms with E-state index in [0.717, 1.165) is 18.8 Å². The van der Waals surface area contributed by atoms with Gasteiger partial charge in [-0.05, 0) is 27.0 Å². The van der Waals surface area contributed by atoms with Crippen LogP contribution in [0.5, 0.6) is 0 Å². The van der Waals surface area contributed by atoms with Gasteiger partial charge in [-0.3, -0.25) is 4.90 Å². The number of likely N-dealkylation sites (N-methyl/N-ethyl adjacent to an activating group) is 1. The number of rotatable bonds is 1. The third-order valence-electron chi connectivity index (χ3n) is 3.53. The largest absolute Gasteiger partial charge is 0.433 e. The van der Waals surface area contributed by atoms with Crippen molar-refractivity contribution in [2.24, 2.45) is 0 Å². The SMILES string of the molecule is CN1CCN(c2nccc(C(F)(F)F)n2)CC1(C)C. The Balaban J connectivity index is 2.24. The van der Waals surface area contributed by atoms with Gasteiger partial charge in [-0.15, -0.1) is 0 Å². The maximum atomic E-state index is 12.6. The average molecular weight is 274 g/mol. The standard InChI is InChI=1S/C12H17F3N4/c1-11(2)8-19(7-6-18(11)3)10-16-5-4-9(17-10)12(13,14)15/h4-5H,6-8H2,1-3H3. The number of aromatic nitrogens is 2. The summed E-state index contributed by atoms with van der Waals surface area (Å²) in [5.74, 6) is 0.149. The highest BCUT2D eigenvalue weighted by molar-refractivity contribution is 5.33. The second-order valence-corrected chi connectivity index (χ2v) is 5.40. The van der Waals surface area contributed by atoms with Crippen molar-refractivity contribution in [2.45, 2.75) is 25.6 Å². The summed E-state index contributed by atoms with van der Waals surface area (Å²) in [5, 5.41) is 0. The summed E-state index contributed by atoms with van der Waals surface area (Å²) in [6.45, 7) is 6.10. The summed E-state index contributed by atoms with van der Waals surface area (Å²) in [6.07, 6.45) is -3.27. The number of hydrogen-bond acceptors (Lipinski definition) is 4. The van der Waals surface area contributed by atoms with Crippen molar-refractivity contribution in [3.8, 4) is 0 Å². The van der Waals surface area contributed by atoms with Crippen LogP contribution in [-0.4, -0.2) is 47.1 Å². The third kappa shape index (κ3) is 2.97. The first kappa shape index (κ1) is 14.0. The number of anilines is 1. The molecule has 4 nitrogen and oxygen atoms in total. The molecule has 0 aromatic carbocycles. The van der Waals surface area contributed by atoms with Gasteiger partial charge in [-0.1, -0.05) is 0 Å². The molecule has 1 fully saturated rings. The first-order valence-corrected chi connectivity index (χ1v) is 6.06. The summed E-state index contributed by atoms with van der Waals surface area (Å²) in [7, 11) is 2.00. The van der Waals surface area contributed by atoms with E-state index in [4.69, 9.17) is 0 Å². The van der Waals surface area contributed by atoms with Crippen molar-refractivity contribution in [1.82, 2.24) is 14.9 Å². The first-order valence-electron chi connectivity index (χ1n) is 6.06. The van der Waals surface area contributed by atoms with Gasteiger partial charge >= 0.3 is 6.18 Å². The lowest BCUT2D eigenvalue weighted by Gasteiger charge is -2.45. The normalized spacial score (nSPS) is 20.6. The molecule has 1 aliphatic rings. The molecule has 106 valence electrons. The highest BCUT2D eigenvalue weighted by Crippen LogP contribution is 2.29. The maximum absolute atomic E-state index is 12.6. The van der Waals surface area contributed by atoms with E-state index in [0.29, 0.717) is 13.1 Å². The summed E-state index contributed by atoms with van der Waals surface area (Å²) in [4.78, 5) is 11.6. The Morgan fingerprint density at radius 2 is 1.95 bits per heavy atom. The van der Waals surface area contributed by atoms with Crippen molar-refractivity contribution in [3.05, 3.63) is 18.0 Å². The van der Waals surface area contributed by atoms with Crippen LogP contribution in [0.2, 0.25) is 0 Å². The Morgan fingerprint density at radius 3 is 2.53 bits per heavy atom. The summed E-state index contributed by atoms with van der Waals surface area (Å²) in [6, 6.07) is 0.894. The van der Waals surface area contributed by atoms with E-state index in [9.17, 15) is 13.2 Å². The van der Waals surface area contributed by atoms with Crippen LogP contribution in [0.3, 0.4) is 0 Å². The Morgan fingerprint density at radius 1 is 1.26 bits per heavy atom. The monoisotopic (exact) mass is 274 g/mol. The molecule has 0 unspecified atom stereocenters. The average Bonchev–Trinajstić information content (AvgIpc) is 2.32. The molecule has 0 atom stereocenters. The van der Waals surface area contributed by atoms with Gasteiger partial charge in [0.05, 0.1) is 0 Å². The Kier molecular flexibility index (Phi) is 3.42. The third-order valence-corrected chi connectivity index (χ3v) is 3.53. The van der Waals surface area contributed by atoms with E-state index in [1.165, 1.54) is 0 Å². The van der Waals surface area contributed by atoms with Gasteiger partial charge in [0.2, 0.25) is 5.95 Å². The number of alkyl halides is 3. The molecule has 0 saturated carbocycles. The van der Waals surface area contributed by atoms with E-state index >= 15 is 0 Å². The molecule has 0 N–H and O–H groups in total. The van der Waals surface area contributed by atoms with Gasteiger partial charge in [0.15, 0.2) is 0 Å². The second-order valence-electron chi connectivity index (χ2n) is 5.40. The van der Waals surface area contributed by atoms with Gasteiger partial charge < -0.3 is 4.90 Å². The van der Waals surface area contributed by atoms with Crippen molar-refractivity contribution in [3.63, 3.8) is 0 Å². The first-order chi connectivity index (χ1) is 8.70. The van der Waals surface area contributed by atoms with E-state index in [1.807, 2.05) is 20.9 Å². The molecule has 0 aliphatic carbocycles. The molecule has 2 heterocycles. The Labute approximate surface area is 110 Å². The van der Waals surface area contributed by atoms with Gasteiger partial charge in [-0.25, -0.2) is 9.97 Å². The van der Waals surface area contributed by atoms with Gasteiger partial charge in [-0.2, -0.15) is 13.2 Å². The van der Waals surface area contributed by atoms with E-state index in [1.54, 1.807) is 4.90 Å². The van der Waals surface area contributed by atoms with E-state index in [-0.39, 0.29) is 11.5 Å². The predicted molar refractivity (Wildman–Crippen MR) is 66.0 cm³/mol. The lowest BCUT2D eigenvalue weighted by molar-refractivity contribution is -0.141. The fraction of sp³-hybridized carbons (Fsp3) is 0.667. The zero-order valence-corrected chi connectivity index (χ0v) is 11.2. The summed E-state index contributed by atoms with van der Waals surface area (Å²) in [5.41, 5.74) is -1.01. The van der Waals surface area contributed by atoms with Crippen LogP contribution < -0.4 is 4.90 Å². The molecule has 0 amide bonds. The molecule has 1 aromatic heterocycles. The predicted octanol–water partition coefficient (Wildman–Crippen LogP) is 2.03. The highest BCUT2D eigenvalue weighted by Gasteiger charge is 2.35. The number of piperazine rings is 1. The van der Waals surface area contributed by atoms with Crippen molar-refractivity contribution < 1.29 is 13.2 Å². The molecule has 1 saturated heterocycles. The fourth-order valence-corrected chi connectivity index (χ4v) is 2.07. The lowest BCUT2D eigenvalue weighted by atomic mass is 10.0. The topological polar surface area (TPSA) is 32.3 Å². The zero-order chi connectivity index (χ0) is 14.3. The van der Waals surface area contributed by atoms with Crippen LogP contribution in [0.15, 0.2) is 12.3 Å². The van der Waals surface area contributed by atoms with Crippen LogP contribution in [-0.2, 0) is 6.18 Å². The van der Waals surface area contributed by atoms with Crippen molar-refractivity contribution in [2.75, 3.05) is 31.6 Å². The number of nitrogens with zero attached hydrogens (tertiary/aromatic N) is 4. The van der Waals surface area contributed by atoms with Crippen LogP contribution in [0.4, 0.5) is 19.1 Å². The molecule has 2 rings (SSSR count). The Hall–Kier alpha value is -1.37. The summed E-state index contributed by atoms with van der Waals surface area (Å²) < 4.78 is 37.9. The van der Waals surface area contributed by atoms with Gasteiger partial charge in [0, 0.05) is 31.4 Å². The lowest BCUT2D eigenvalue weighted by Crippen LogP contribution is -2.58. The highest BCUT2D eigenvalue weighted by atomic mass is 19.4. The van der Waals surface area contributed by atoms with E-state index in [2.05, 4.69) is 14.9 Å². The minimum atomic E-state index is -4.43. The molecular weight excluding hydrogens is 257 g/mol. The molecule has 0 bridgehead atoms. The number of hydrogen-bond donors (Lipinski definition) is 0. The molecular formula is C12H17F3N4.